The van der Waals surface area contributed by atoms with Crippen molar-refractivity contribution < 1.29 is 19.4 Å². The molecule has 2 aromatic rings. The lowest BCUT2D eigenvalue weighted by Crippen LogP contribution is -2.09. The molecule has 6 nitrogen and oxygen atoms in total. The molecule has 0 aliphatic rings. The maximum absolute atomic E-state index is 11.3. The van der Waals surface area contributed by atoms with Gasteiger partial charge in [-0.25, -0.2) is 0 Å². The van der Waals surface area contributed by atoms with Crippen LogP contribution < -0.4 is 4.87 Å². The number of ether oxygens (including phenoxy) is 1. The van der Waals surface area contributed by atoms with Crippen LogP contribution in [0.1, 0.15) is 18.4 Å². The number of hydrogen-bond acceptors (Lipinski definition) is 7. The number of esters is 1. The van der Waals surface area contributed by atoms with Crippen molar-refractivity contribution in [2.75, 3.05) is 6.61 Å². The summed E-state index contributed by atoms with van der Waals surface area (Å²) < 4.78 is 4.96. The van der Waals surface area contributed by atoms with E-state index in [-0.39, 0.29) is 24.3 Å². The molecule has 0 saturated carbocycles. The summed E-state index contributed by atoms with van der Waals surface area (Å²) in [7, 11) is 2.44. The minimum Gasteiger partial charge on any atom is -0.481 e. The Balaban J connectivity index is 1.80. The van der Waals surface area contributed by atoms with Gasteiger partial charge in [-0.3, -0.25) is 14.4 Å². The molecular weight excluding hydrogens is 326 g/mol. The van der Waals surface area contributed by atoms with Gasteiger partial charge in [-0.1, -0.05) is 34.6 Å². The maximum Gasteiger partial charge on any atom is 0.337 e. The van der Waals surface area contributed by atoms with Crippen molar-refractivity contribution in [2.45, 2.75) is 19.3 Å². The zero-order chi connectivity index (χ0) is 15.9. The molecule has 0 fully saturated rings. The molecule has 22 heavy (non-hydrogen) atoms. The van der Waals surface area contributed by atoms with Gasteiger partial charge in [-0.05, 0) is 15.9 Å². The molecule has 1 aromatic carbocycles. The summed E-state index contributed by atoms with van der Waals surface area (Å²) in [6, 6.07) is 7.51. The van der Waals surface area contributed by atoms with Crippen LogP contribution >= 0.6 is 20.7 Å². The third kappa shape index (κ3) is 5.05. The van der Waals surface area contributed by atoms with Gasteiger partial charge in [0.15, 0.2) is 0 Å². The summed E-state index contributed by atoms with van der Waals surface area (Å²) in [5.41, 5.74) is 1.86. The van der Waals surface area contributed by atoms with Gasteiger partial charge in [0.1, 0.15) is 5.01 Å². The van der Waals surface area contributed by atoms with Crippen LogP contribution in [-0.2, 0) is 20.7 Å². The second-order valence-corrected chi connectivity index (χ2v) is 6.48. The monoisotopic (exact) mass is 339 g/mol. The van der Waals surface area contributed by atoms with Crippen molar-refractivity contribution in [2.24, 2.45) is 0 Å². The average molecular weight is 339 g/mol. The number of nitrogens with zero attached hydrogens (tertiary/aromatic N) is 1. The van der Waals surface area contributed by atoms with Gasteiger partial charge < -0.3 is 9.84 Å². The van der Waals surface area contributed by atoms with Crippen LogP contribution in [0, 0.1) is 0 Å². The van der Waals surface area contributed by atoms with Crippen molar-refractivity contribution in [3.63, 3.8) is 0 Å². The first-order valence-corrected chi connectivity index (χ1v) is 8.63. The number of carbonyl (C=O) groups excluding carboxylic acids is 1. The summed E-state index contributed by atoms with van der Waals surface area (Å²) >= 11 is 0. The molecule has 1 N–H and O–H groups in total. The minimum atomic E-state index is -1.02. The SMILES string of the molecule is O=C(O)CCC(=O)OCCc1ccc(-c2nc(=O)ss2)cc1. The molecular formula is C14H13NO5S2. The van der Waals surface area contributed by atoms with E-state index < -0.39 is 11.9 Å². The number of aromatic nitrogens is 1. The summed E-state index contributed by atoms with van der Waals surface area (Å²) in [6.45, 7) is 0.210. The predicted octanol–water partition coefficient (Wildman–Crippen LogP) is 2.18. The fourth-order valence-corrected chi connectivity index (χ4v) is 3.34. The molecule has 116 valence electrons. The number of hydrogen-bond donors (Lipinski definition) is 1. The molecule has 0 aliphatic carbocycles. The van der Waals surface area contributed by atoms with E-state index in [4.69, 9.17) is 9.84 Å². The highest BCUT2D eigenvalue weighted by Crippen LogP contribution is 2.22. The lowest BCUT2D eigenvalue weighted by molar-refractivity contribution is -0.147. The summed E-state index contributed by atoms with van der Waals surface area (Å²) in [6.07, 6.45) is 0.216. The van der Waals surface area contributed by atoms with E-state index in [1.807, 2.05) is 24.3 Å². The second kappa shape index (κ2) is 7.81. The van der Waals surface area contributed by atoms with E-state index in [0.29, 0.717) is 11.4 Å². The van der Waals surface area contributed by atoms with E-state index in [0.717, 1.165) is 21.5 Å². The lowest BCUT2D eigenvalue weighted by atomic mass is 10.1. The van der Waals surface area contributed by atoms with E-state index in [1.165, 1.54) is 10.3 Å². The minimum absolute atomic E-state index is 0.114. The Kier molecular flexibility index (Phi) is 5.79. The zero-order valence-electron chi connectivity index (χ0n) is 11.5. The van der Waals surface area contributed by atoms with Crippen LogP contribution in [0.2, 0.25) is 0 Å². The summed E-state index contributed by atoms with van der Waals surface area (Å²) in [5, 5.41) is 9.15. The first kappa shape index (κ1) is 16.3. The molecule has 1 heterocycles. The van der Waals surface area contributed by atoms with E-state index >= 15 is 0 Å². The molecule has 2 rings (SSSR count). The zero-order valence-corrected chi connectivity index (χ0v) is 13.1. The largest absolute Gasteiger partial charge is 0.481 e. The molecule has 0 amide bonds. The molecule has 0 radical (unpaired) electrons. The van der Waals surface area contributed by atoms with Crippen molar-refractivity contribution in [1.82, 2.24) is 4.98 Å². The number of rotatable bonds is 7. The van der Waals surface area contributed by atoms with Gasteiger partial charge in [0.2, 0.25) is 0 Å². The van der Waals surface area contributed by atoms with Gasteiger partial charge in [-0.2, -0.15) is 4.98 Å². The number of carboxylic acids is 1. The molecule has 0 spiro atoms. The lowest BCUT2D eigenvalue weighted by Gasteiger charge is -2.05. The van der Waals surface area contributed by atoms with Crippen LogP contribution in [0.5, 0.6) is 0 Å². The van der Waals surface area contributed by atoms with Gasteiger partial charge in [0.05, 0.1) is 19.4 Å². The first-order valence-electron chi connectivity index (χ1n) is 6.48. The quantitative estimate of drug-likeness (QED) is 0.614. The van der Waals surface area contributed by atoms with Crippen LogP contribution in [0.25, 0.3) is 10.6 Å². The Morgan fingerprint density at radius 3 is 2.45 bits per heavy atom. The third-order valence-electron chi connectivity index (χ3n) is 2.78. The van der Waals surface area contributed by atoms with Crippen LogP contribution in [0.3, 0.4) is 0 Å². The topological polar surface area (TPSA) is 93.6 Å². The number of aliphatic carboxylic acids is 1. The van der Waals surface area contributed by atoms with Crippen molar-refractivity contribution in [3.05, 3.63) is 39.5 Å². The Morgan fingerprint density at radius 2 is 1.86 bits per heavy atom. The number of carboxylic acid groups (broad SMARTS) is 1. The fraction of sp³-hybridized carbons (Fsp3) is 0.286. The Morgan fingerprint density at radius 1 is 1.14 bits per heavy atom. The smallest absolute Gasteiger partial charge is 0.337 e. The maximum atomic E-state index is 11.3. The first-order chi connectivity index (χ1) is 10.5. The molecule has 0 saturated heterocycles. The Bertz CT molecular complexity index is 705. The summed E-state index contributed by atoms with van der Waals surface area (Å²) in [5.74, 6) is -1.52. The standard InChI is InChI=1S/C14H13NO5S2/c16-11(17)5-6-12(18)20-8-7-9-1-3-10(4-2-9)13-15-14(19)22-21-13/h1-4H,5-8H2,(H,16,17). The fourth-order valence-electron chi connectivity index (χ4n) is 1.69. The Hall–Kier alpha value is -2.06. The summed E-state index contributed by atoms with van der Waals surface area (Å²) in [4.78, 5) is 36.3. The molecule has 0 atom stereocenters. The number of benzene rings is 1. The molecule has 1 aromatic heterocycles. The predicted molar refractivity (Wildman–Crippen MR) is 83.2 cm³/mol. The van der Waals surface area contributed by atoms with Crippen LogP contribution in [0.15, 0.2) is 29.1 Å². The van der Waals surface area contributed by atoms with Crippen molar-refractivity contribution in [3.8, 4) is 10.6 Å². The normalized spacial score (nSPS) is 10.4. The van der Waals surface area contributed by atoms with Gasteiger partial charge >= 0.3 is 16.8 Å². The third-order valence-corrected chi connectivity index (χ3v) is 4.74. The van der Waals surface area contributed by atoms with E-state index in [9.17, 15) is 14.4 Å². The highest BCUT2D eigenvalue weighted by Gasteiger charge is 2.07. The molecule has 8 heteroatoms. The molecule has 0 aliphatic heterocycles. The van der Waals surface area contributed by atoms with Gasteiger partial charge in [0, 0.05) is 12.0 Å². The second-order valence-electron chi connectivity index (χ2n) is 4.41. The van der Waals surface area contributed by atoms with Crippen LogP contribution in [0.4, 0.5) is 0 Å². The van der Waals surface area contributed by atoms with Gasteiger partial charge in [-0.15, -0.1) is 0 Å². The number of carbonyl (C=O) groups is 2. The van der Waals surface area contributed by atoms with E-state index in [2.05, 4.69) is 4.98 Å². The average Bonchev–Trinajstić information content (AvgIpc) is 2.92. The highest BCUT2D eigenvalue weighted by molar-refractivity contribution is 7.69. The van der Waals surface area contributed by atoms with Crippen molar-refractivity contribution in [1.29, 1.82) is 0 Å². The Labute approximate surface area is 133 Å². The van der Waals surface area contributed by atoms with Crippen LogP contribution in [-0.4, -0.2) is 28.6 Å². The van der Waals surface area contributed by atoms with Gasteiger partial charge in [0.25, 0.3) is 0 Å². The van der Waals surface area contributed by atoms with Crippen molar-refractivity contribution >= 4 is 32.6 Å². The van der Waals surface area contributed by atoms with E-state index in [1.54, 1.807) is 0 Å². The highest BCUT2D eigenvalue weighted by atomic mass is 32.9. The molecule has 0 bridgehead atoms. The molecule has 0 unspecified atom stereocenters.